The molecule has 1 aliphatic heterocycles. The van der Waals surface area contributed by atoms with Crippen molar-refractivity contribution in [1.82, 2.24) is 10.6 Å². The average Bonchev–Trinajstić information content (AvgIpc) is 3.47. The van der Waals surface area contributed by atoms with Crippen LogP contribution in [-0.2, 0) is 20.1 Å². The summed E-state index contributed by atoms with van der Waals surface area (Å²) >= 11 is 1.55. The van der Waals surface area contributed by atoms with E-state index in [9.17, 15) is 14.4 Å². The Hall–Kier alpha value is -2.58. The van der Waals surface area contributed by atoms with Crippen LogP contribution in [0.25, 0.3) is 0 Å². The van der Waals surface area contributed by atoms with Crippen molar-refractivity contribution in [3.05, 3.63) is 60.1 Å². The number of hydrogen-bond donors (Lipinski definition) is 2. The third kappa shape index (κ3) is 4.29. The number of furan rings is 1. The van der Waals surface area contributed by atoms with Gasteiger partial charge in [-0.2, -0.15) is 11.8 Å². The molecule has 1 saturated heterocycles. The highest BCUT2D eigenvalue weighted by molar-refractivity contribution is 7.98. The maximum absolute atomic E-state index is 13.2. The highest BCUT2D eigenvalue weighted by Gasteiger charge is 2.55. The summed E-state index contributed by atoms with van der Waals surface area (Å²) in [6, 6.07) is 10.7. The lowest BCUT2D eigenvalue weighted by Gasteiger charge is -2.30. The smallest absolute Gasteiger partial charge is 0.255 e. The van der Waals surface area contributed by atoms with Gasteiger partial charge in [-0.15, -0.1) is 0 Å². The fraction of sp³-hybridized carbons (Fsp3) is 0.409. The van der Waals surface area contributed by atoms with Crippen LogP contribution in [0.15, 0.2) is 53.3 Å². The van der Waals surface area contributed by atoms with Crippen molar-refractivity contribution >= 4 is 29.4 Å². The minimum Gasteiger partial charge on any atom is -0.472 e. The summed E-state index contributed by atoms with van der Waals surface area (Å²) in [5.74, 6) is 0.245. The van der Waals surface area contributed by atoms with Crippen molar-refractivity contribution in [2.24, 2.45) is 0 Å². The largest absolute Gasteiger partial charge is 0.472 e. The van der Waals surface area contributed by atoms with Gasteiger partial charge in [-0.05, 0) is 30.9 Å². The minimum absolute atomic E-state index is 0.0275. The molecule has 8 heteroatoms. The molecular formula is C22H24N2O5S. The molecule has 2 N–H and O–H groups in total. The quantitative estimate of drug-likeness (QED) is 0.670. The number of thioether (sulfide) groups is 1. The van der Waals surface area contributed by atoms with Gasteiger partial charge in [-0.1, -0.05) is 30.3 Å². The summed E-state index contributed by atoms with van der Waals surface area (Å²) in [7, 11) is 0. The fourth-order valence-electron chi connectivity index (χ4n) is 4.03. The molecular weight excluding hydrogens is 404 g/mol. The molecule has 1 aromatic heterocycles. The number of carbonyl (C=O) groups excluding carboxylic acids is 3. The van der Waals surface area contributed by atoms with Crippen LogP contribution in [-0.4, -0.2) is 47.6 Å². The number of fused-ring (bicyclic) bond motifs is 1. The molecule has 3 atom stereocenters. The Bertz CT molecular complexity index is 902. The average molecular weight is 429 g/mol. The molecule has 1 aliphatic carbocycles. The molecule has 0 radical (unpaired) electrons. The van der Waals surface area contributed by atoms with Crippen LogP contribution in [0.4, 0.5) is 0 Å². The molecule has 2 fully saturated rings. The number of benzene rings is 1. The second-order valence-electron chi connectivity index (χ2n) is 7.61. The van der Waals surface area contributed by atoms with Crippen molar-refractivity contribution < 1.29 is 23.5 Å². The van der Waals surface area contributed by atoms with E-state index in [1.165, 1.54) is 12.5 Å². The molecule has 2 aliphatic rings. The van der Waals surface area contributed by atoms with E-state index in [0.29, 0.717) is 23.5 Å². The molecule has 2 heterocycles. The van der Waals surface area contributed by atoms with Gasteiger partial charge >= 0.3 is 0 Å². The zero-order valence-corrected chi connectivity index (χ0v) is 17.3. The van der Waals surface area contributed by atoms with Crippen molar-refractivity contribution in [2.45, 2.75) is 42.7 Å². The van der Waals surface area contributed by atoms with Crippen LogP contribution in [0.1, 0.15) is 35.2 Å². The molecule has 2 amide bonds. The summed E-state index contributed by atoms with van der Waals surface area (Å²) in [5.41, 5.74) is 0.523. The van der Waals surface area contributed by atoms with Gasteiger partial charge in [0.15, 0.2) is 5.78 Å². The Kier molecular flexibility index (Phi) is 6.24. The third-order valence-corrected chi connectivity index (χ3v) is 6.75. The molecule has 0 bridgehead atoms. The second-order valence-corrected chi connectivity index (χ2v) is 8.64. The second kappa shape index (κ2) is 9.06. The highest BCUT2D eigenvalue weighted by atomic mass is 32.2. The summed E-state index contributed by atoms with van der Waals surface area (Å²) < 4.78 is 10.5. The van der Waals surface area contributed by atoms with Gasteiger partial charge in [0.1, 0.15) is 24.5 Å². The van der Waals surface area contributed by atoms with E-state index in [4.69, 9.17) is 9.15 Å². The Morgan fingerprint density at radius 2 is 2.07 bits per heavy atom. The van der Waals surface area contributed by atoms with Gasteiger partial charge < -0.3 is 19.8 Å². The van der Waals surface area contributed by atoms with Gasteiger partial charge in [0.05, 0.1) is 17.9 Å². The first-order chi connectivity index (χ1) is 14.6. The predicted molar refractivity (Wildman–Crippen MR) is 112 cm³/mol. The van der Waals surface area contributed by atoms with Crippen LogP contribution in [0.3, 0.4) is 0 Å². The number of carbonyl (C=O) groups is 3. The normalized spacial score (nSPS) is 23.7. The van der Waals surface area contributed by atoms with Crippen LogP contribution in [0.5, 0.6) is 0 Å². The first-order valence-corrected chi connectivity index (χ1v) is 11.2. The number of Topliss-reactive ketones (excluding diaryl/α,β-unsaturated/α-hetero) is 1. The van der Waals surface area contributed by atoms with Gasteiger partial charge in [0, 0.05) is 11.5 Å². The first kappa shape index (κ1) is 20.7. The van der Waals surface area contributed by atoms with Crippen LogP contribution < -0.4 is 10.6 Å². The van der Waals surface area contributed by atoms with Crippen molar-refractivity contribution in [1.29, 1.82) is 0 Å². The number of nitrogens with one attached hydrogen (secondary N) is 2. The molecule has 1 aromatic carbocycles. The van der Waals surface area contributed by atoms with E-state index < -0.39 is 17.5 Å². The molecule has 0 spiro atoms. The van der Waals surface area contributed by atoms with Gasteiger partial charge in [0.25, 0.3) is 5.91 Å². The number of amides is 2. The molecule has 3 unspecified atom stereocenters. The summed E-state index contributed by atoms with van der Waals surface area (Å²) in [4.78, 5) is 38.2. The van der Waals surface area contributed by atoms with Gasteiger partial charge in [-0.25, -0.2) is 0 Å². The van der Waals surface area contributed by atoms with Gasteiger partial charge in [0.2, 0.25) is 5.91 Å². The highest BCUT2D eigenvalue weighted by Crippen LogP contribution is 2.37. The lowest BCUT2D eigenvalue weighted by atomic mass is 9.92. The fourth-order valence-corrected chi connectivity index (χ4v) is 5.05. The molecule has 158 valence electrons. The van der Waals surface area contributed by atoms with Gasteiger partial charge in [-0.3, -0.25) is 14.4 Å². The molecule has 2 aromatic rings. The van der Waals surface area contributed by atoms with Crippen molar-refractivity contribution in [3.8, 4) is 0 Å². The zero-order chi connectivity index (χ0) is 21.0. The number of ketones is 1. The Labute approximate surface area is 178 Å². The van der Waals surface area contributed by atoms with Crippen LogP contribution >= 0.6 is 11.8 Å². The molecule has 30 heavy (non-hydrogen) atoms. The molecule has 1 saturated carbocycles. The lowest BCUT2D eigenvalue weighted by molar-refractivity contribution is -0.130. The van der Waals surface area contributed by atoms with E-state index in [0.717, 1.165) is 18.4 Å². The molecule has 7 nitrogen and oxygen atoms in total. The topological polar surface area (TPSA) is 97.6 Å². The van der Waals surface area contributed by atoms with E-state index in [1.54, 1.807) is 17.8 Å². The maximum atomic E-state index is 13.2. The summed E-state index contributed by atoms with van der Waals surface area (Å²) in [6.45, 7) is 0.0275. The standard InChI is InChI=1S/C22H24N2O5S/c25-18-12-29-19-7-4-9-22(18,19)24-21(27)17(23-20(26)16-8-10-28-11-16)14-30-13-15-5-2-1-3-6-15/h1-3,5-6,8,10-11,17,19H,4,7,9,12-14H2,(H,23,26)(H,24,27). The number of hydrogen-bond acceptors (Lipinski definition) is 6. The molecule has 4 rings (SSSR count). The van der Waals surface area contributed by atoms with Crippen LogP contribution in [0.2, 0.25) is 0 Å². The van der Waals surface area contributed by atoms with E-state index in [1.807, 2.05) is 30.3 Å². The monoisotopic (exact) mass is 428 g/mol. The Morgan fingerprint density at radius 1 is 1.23 bits per heavy atom. The van der Waals surface area contributed by atoms with Crippen LogP contribution in [0, 0.1) is 0 Å². The number of rotatable bonds is 8. The SMILES string of the molecule is O=C(NC(CSCc1ccccc1)C(=O)NC12CCCC1OCC2=O)c1ccoc1. The van der Waals surface area contributed by atoms with E-state index >= 15 is 0 Å². The third-order valence-electron chi connectivity index (χ3n) is 5.65. The van der Waals surface area contributed by atoms with E-state index in [-0.39, 0.29) is 24.4 Å². The Morgan fingerprint density at radius 3 is 2.83 bits per heavy atom. The summed E-state index contributed by atoms with van der Waals surface area (Å²) in [6.07, 6.45) is 4.61. The lowest BCUT2D eigenvalue weighted by Crippen LogP contribution is -2.61. The first-order valence-electron chi connectivity index (χ1n) is 10.0. The van der Waals surface area contributed by atoms with E-state index in [2.05, 4.69) is 10.6 Å². The zero-order valence-electron chi connectivity index (χ0n) is 16.5. The predicted octanol–water partition coefficient (Wildman–Crippen LogP) is 2.32. The number of ether oxygens (including phenoxy) is 1. The van der Waals surface area contributed by atoms with Crippen molar-refractivity contribution in [2.75, 3.05) is 12.4 Å². The summed E-state index contributed by atoms with van der Waals surface area (Å²) in [5, 5.41) is 5.73. The van der Waals surface area contributed by atoms with Crippen molar-refractivity contribution in [3.63, 3.8) is 0 Å². The Balaban J connectivity index is 1.45. The maximum Gasteiger partial charge on any atom is 0.255 e. The minimum atomic E-state index is -0.959.